The van der Waals surface area contributed by atoms with Gasteiger partial charge in [-0.05, 0) is 42.3 Å². The average molecular weight is 438 g/mol. The van der Waals surface area contributed by atoms with Crippen LogP contribution in [0.25, 0.3) is 11.0 Å². The van der Waals surface area contributed by atoms with Crippen LogP contribution in [0.4, 0.5) is 5.69 Å². The Morgan fingerprint density at radius 1 is 1.00 bits per heavy atom. The maximum absolute atomic E-state index is 12.8. The van der Waals surface area contributed by atoms with Crippen molar-refractivity contribution in [1.29, 1.82) is 0 Å². The maximum Gasteiger partial charge on any atom is 0.227 e. The number of para-hydroxylation sites is 4. The number of benzene rings is 3. The van der Waals surface area contributed by atoms with Crippen LogP contribution in [0.1, 0.15) is 23.7 Å². The smallest absolute Gasteiger partial charge is 0.227 e. The van der Waals surface area contributed by atoms with Gasteiger partial charge in [-0.15, -0.1) is 6.58 Å². The molecular formula is C28H27N3O2. The third kappa shape index (κ3) is 4.27. The number of ether oxygens (including phenoxy) is 1. The predicted molar refractivity (Wildman–Crippen MR) is 132 cm³/mol. The molecule has 1 amide bonds. The van der Waals surface area contributed by atoms with Gasteiger partial charge < -0.3 is 14.2 Å². The van der Waals surface area contributed by atoms with Crippen molar-refractivity contribution in [1.82, 2.24) is 9.55 Å². The molecule has 5 heteroatoms. The van der Waals surface area contributed by atoms with Gasteiger partial charge >= 0.3 is 0 Å². The molecule has 0 bridgehead atoms. The van der Waals surface area contributed by atoms with Gasteiger partial charge in [0.05, 0.1) is 17.6 Å². The second kappa shape index (κ2) is 9.33. The number of amides is 1. The lowest BCUT2D eigenvalue weighted by Gasteiger charge is -2.18. The fourth-order valence-electron chi connectivity index (χ4n) is 4.59. The van der Waals surface area contributed by atoms with Gasteiger partial charge in [0.25, 0.3) is 0 Å². The van der Waals surface area contributed by atoms with Crippen molar-refractivity contribution >= 4 is 22.6 Å². The van der Waals surface area contributed by atoms with E-state index in [2.05, 4.69) is 23.3 Å². The van der Waals surface area contributed by atoms with Crippen LogP contribution in [0.15, 0.2) is 91.5 Å². The van der Waals surface area contributed by atoms with Gasteiger partial charge in [-0.3, -0.25) is 4.79 Å². The highest BCUT2D eigenvalue weighted by molar-refractivity contribution is 5.96. The van der Waals surface area contributed by atoms with Gasteiger partial charge in [0.2, 0.25) is 5.91 Å². The molecule has 1 saturated heterocycles. The summed E-state index contributed by atoms with van der Waals surface area (Å²) in [4.78, 5) is 19.7. The normalized spacial score (nSPS) is 15.8. The minimum absolute atomic E-state index is 0.0400. The first-order valence-corrected chi connectivity index (χ1v) is 11.4. The molecule has 33 heavy (non-hydrogen) atoms. The Hall–Kier alpha value is -3.86. The summed E-state index contributed by atoms with van der Waals surface area (Å²) >= 11 is 0. The summed E-state index contributed by atoms with van der Waals surface area (Å²) in [6.07, 6.45) is 3.12. The zero-order valence-corrected chi connectivity index (χ0v) is 18.6. The van der Waals surface area contributed by atoms with E-state index in [0.717, 1.165) is 40.3 Å². The van der Waals surface area contributed by atoms with Gasteiger partial charge in [-0.2, -0.15) is 0 Å². The molecule has 0 radical (unpaired) electrons. The molecule has 0 aliphatic carbocycles. The van der Waals surface area contributed by atoms with Gasteiger partial charge in [0.15, 0.2) is 0 Å². The standard InChI is InChI=1S/C28H27N3O2/c1-2-10-21-11-6-9-16-26(21)33-18-17-30-25-15-8-7-14-24(25)29-28(30)22-19-27(32)31(20-22)23-12-4-3-5-13-23/h2-9,11-16,22H,1,10,17-20H2. The number of nitrogens with zero attached hydrogens (tertiary/aromatic N) is 3. The van der Waals surface area contributed by atoms with Crippen LogP contribution in [0.3, 0.4) is 0 Å². The minimum atomic E-state index is 0.0400. The fourth-order valence-corrected chi connectivity index (χ4v) is 4.59. The van der Waals surface area contributed by atoms with Crippen molar-refractivity contribution in [2.45, 2.75) is 25.3 Å². The topological polar surface area (TPSA) is 47.4 Å². The highest BCUT2D eigenvalue weighted by Crippen LogP contribution is 2.33. The molecule has 4 aromatic rings. The molecule has 1 aromatic heterocycles. The minimum Gasteiger partial charge on any atom is -0.491 e. The molecule has 5 rings (SSSR count). The number of carbonyl (C=O) groups excluding carboxylic acids is 1. The first kappa shape index (κ1) is 21.0. The number of hydrogen-bond acceptors (Lipinski definition) is 3. The monoisotopic (exact) mass is 437 g/mol. The third-order valence-electron chi connectivity index (χ3n) is 6.15. The summed E-state index contributed by atoms with van der Waals surface area (Å²) in [6.45, 7) is 5.66. The van der Waals surface area contributed by atoms with E-state index in [4.69, 9.17) is 9.72 Å². The van der Waals surface area contributed by atoms with Gasteiger partial charge in [0, 0.05) is 24.6 Å². The van der Waals surface area contributed by atoms with Crippen molar-refractivity contribution in [3.05, 3.63) is 103 Å². The van der Waals surface area contributed by atoms with Crippen molar-refractivity contribution in [3.63, 3.8) is 0 Å². The molecule has 5 nitrogen and oxygen atoms in total. The third-order valence-corrected chi connectivity index (χ3v) is 6.15. The molecular weight excluding hydrogens is 410 g/mol. The van der Waals surface area contributed by atoms with E-state index in [9.17, 15) is 4.79 Å². The molecule has 0 N–H and O–H groups in total. The molecule has 1 atom stereocenters. The Morgan fingerprint density at radius 3 is 2.61 bits per heavy atom. The Kier molecular flexibility index (Phi) is 5.94. The molecule has 1 unspecified atom stereocenters. The number of anilines is 1. The van der Waals surface area contributed by atoms with Gasteiger partial charge in [-0.1, -0.05) is 54.6 Å². The van der Waals surface area contributed by atoms with Crippen LogP contribution >= 0.6 is 0 Å². The van der Waals surface area contributed by atoms with Crippen LogP contribution in [-0.2, 0) is 17.8 Å². The molecule has 166 valence electrons. The van der Waals surface area contributed by atoms with E-state index >= 15 is 0 Å². The zero-order chi connectivity index (χ0) is 22.6. The molecule has 1 aliphatic rings. The maximum atomic E-state index is 12.8. The number of hydrogen-bond donors (Lipinski definition) is 0. The highest BCUT2D eigenvalue weighted by atomic mass is 16.5. The molecule has 3 aromatic carbocycles. The van der Waals surface area contributed by atoms with Crippen LogP contribution in [0.2, 0.25) is 0 Å². The SMILES string of the molecule is C=CCc1ccccc1OCCn1c(C2CC(=O)N(c3ccccc3)C2)nc2ccccc21. The molecule has 0 spiro atoms. The second-order valence-corrected chi connectivity index (χ2v) is 8.30. The van der Waals surface area contributed by atoms with Crippen molar-refractivity contribution < 1.29 is 9.53 Å². The van der Waals surface area contributed by atoms with Gasteiger partial charge in [0.1, 0.15) is 18.2 Å². The van der Waals surface area contributed by atoms with Gasteiger partial charge in [-0.25, -0.2) is 4.98 Å². The van der Waals surface area contributed by atoms with Crippen LogP contribution < -0.4 is 9.64 Å². The van der Waals surface area contributed by atoms with E-state index in [1.54, 1.807) is 0 Å². The average Bonchev–Trinajstić information content (AvgIpc) is 3.41. The molecule has 0 saturated carbocycles. The summed E-state index contributed by atoms with van der Waals surface area (Å²) in [5.74, 6) is 2.01. The number of rotatable bonds is 8. The molecule has 1 fully saturated rings. The predicted octanol–water partition coefficient (Wildman–Crippen LogP) is 5.36. The number of allylic oxidation sites excluding steroid dienone is 1. The lowest BCUT2D eigenvalue weighted by atomic mass is 10.1. The molecule has 2 heterocycles. The van der Waals surface area contributed by atoms with Crippen molar-refractivity contribution in [2.24, 2.45) is 0 Å². The van der Waals surface area contributed by atoms with Crippen LogP contribution in [0.5, 0.6) is 5.75 Å². The fraction of sp³-hybridized carbons (Fsp3) is 0.214. The summed E-state index contributed by atoms with van der Waals surface area (Å²) in [5.41, 5.74) is 4.09. The Labute approximate surface area is 193 Å². The summed E-state index contributed by atoms with van der Waals surface area (Å²) in [6, 6.07) is 26.1. The van der Waals surface area contributed by atoms with Crippen LogP contribution in [0, 0.1) is 0 Å². The van der Waals surface area contributed by atoms with Crippen molar-refractivity contribution in [2.75, 3.05) is 18.1 Å². The van der Waals surface area contributed by atoms with E-state index in [1.807, 2.05) is 77.7 Å². The van der Waals surface area contributed by atoms with E-state index in [1.165, 1.54) is 0 Å². The zero-order valence-electron chi connectivity index (χ0n) is 18.6. The molecule has 1 aliphatic heterocycles. The van der Waals surface area contributed by atoms with E-state index < -0.39 is 0 Å². The van der Waals surface area contributed by atoms with Crippen LogP contribution in [-0.4, -0.2) is 28.6 Å². The Morgan fingerprint density at radius 2 is 1.76 bits per heavy atom. The largest absolute Gasteiger partial charge is 0.491 e. The first-order valence-electron chi connectivity index (χ1n) is 11.4. The number of aromatic nitrogens is 2. The summed E-state index contributed by atoms with van der Waals surface area (Å²) in [7, 11) is 0. The number of fused-ring (bicyclic) bond motifs is 1. The quantitative estimate of drug-likeness (QED) is 0.349. The summed E-state index contributed by atoms with van der Waals surface area (Å²) in [5, 5.41) is 0. The Balaban J connectivity index is 1.39. The number of imidazole rings is 1. The second-order valence-electron chi connectivity index (χ2n) is 8.30. The lowest BCUT2D eigenvalue weighted by Crippen LogP contribution is -2.24. The summed E-state index contributed by atoms with van der Waals surface area (Å²) < 4.78 is 8.39. The number of carbonyl (C=O) groups is 1. The Bertz CT molecular complexity index is 1280. The first-order chi connectivity index (χ1) is 16.2. The van der Waals surface area contributed by atoms with Crippen molar-refractivity contribution in [3.8, 4) is 5.75 Å². The van der Waals surface area contributed by atoms with E-state index in [-0.39, 0.29) is 11.8 Å². The lowest BCUT2D eigenvalue weighted by molar-refractivity contribution is -0.117. The highest BCUT2D eigenvalue weighted by Gasteiger charge is 2.34. The van der Waals surface area contributed by atoms with E-state index in [0.29, 0.717) is 26.1 Å².